The van der Waals surface area contributed by atoms with Crippen molar-refractivity contribution in [1.29, 1.82) is 0 Å². The van der Waals surface area contributed by atoms with Crippen LogP contribution in [0.3, 0.4) is 0 Å². The summed E-state index contributed by atoms with van der Waals surface area (Å²) in [5.41, 5.74) is 0.199. The average molecular weight is 501 g/mol. The van der Waals surface area contributed by atoms with Gasteiger partial charge in [-0.05, 0) is 37.3 Å². The summed E-state index contributed by atoms with van der Waals surface area (Å²) in [6, 6.07) is 10.3. The summed E-state index contributed by atoms with van der Waals surface area (Å²) in [6.07, 6.45) is 0. The monoisotopic (exact) mass is 500 g/mol. The number of hydrogen-bond donors (Lipinski definition) is 2. The third-order valence-corrected chi connectivity index (χ3v) is 6.82. The standard InChI is InChI=1S/C18H14Cl2N4O5S2/c1-2-29-16(26)12-5-3-4-6-14(12)24-31(27,28)18-23-22-17(30-18)21-15(25)11-8-7-10(19)9-13(11)20/h3-9,24H,2H2,1H3,(H,21,22,25). The molecule has 1 amide bonds. The number of amides is 1. The lowest BCUT2D eigenvalue weighted by atomic mass is 10.2. The summed E-state index contributed by atoms with van der Waals surface area (Å²) in [6.45, 7) is 1.77. The van der Waals surface area contributed by atoms with Gasteiger partial charge in [0.05, 0.1) is 28.4 Å². The van der Waals surface area contributed by atoms with Crippen molar-refractivity contribution in [3.05, 3.63) is 63.6 Å². The highest BCUT2D eigenvalue weighted by molar-refractivity contribution is 7.94. The van der Waals surface area contributed by atoms with Gasteiger partial charge >= 0.3 is 5.97 Å². The number of benzene rings is 2. The third-order valence-electron chi connectivity index (χ3n) is 3.70. The smallest absolute Gasteiger partial charge is 0.340 e. The predicted molar refractivity (Wildman–Crippen MR) is 118 cm³/mol. The molecule has 1 aromatic heterocycles. The van der Waals surface area contributed by atoms with Crippen molar-refractivity contribution >= 4 is 67.3 Å². The van der Waals surface area contributed by atoms with Crippen molar-refractivity contribution in [3.8, 4) is 0 Å². The van der Waals surface area contributed by atoms with Crippen LogP contribution in [0.25, 0.3) is 0 Å². The van der Waals surface area contributed by atoms with Gasteiger partial charge in [-0.25, -0.2) is 4.79 Å². The molecular formula is C18H14Cl2N4O5S2. The van der Waals surface area contributed by atoms with Crippen molar-refractivity contribution in [2.24, 2.45) is 0 Å². The Morgan fingerprint density at radius 2 is 1.84 bits per heavy atom. The summed E-state index contributed by atoms with van der Waals surface area (Å²) in [5, 5.41) is 10.2. The zero-order valence-corrected chi connectivity index (χ0v) is 18.9. The lowest BCUT2D eigenvalue weighted by Crippen LogP contribution is -2.16. The van der Waals surface area contributed by atoms with E-state index in [0.717, 1.165) is 0 Å². The molecule has 0 atom stereocenters. The van der Waals surface area contributed by atoms with Crippen molar-refractivity contribution in [2.45, 2.75) is 11.3 Å². The highest BCUT2D eigenvalue weighted by Gasteiger charge is 2.24. The topological polar surface area (TPSA) is 127 Å². The van der Waals surface area contributed by atoms with Crippen LogP contribution in [-0.2, 0) is 14.8 Å². The Morgan fingerprint density at radius 1 is 1.10 bits per heavy atom. The Kier molecular flexibility index (Phi) is 7.11. The van der Waals surface area contributed by atoms with Gasteiger partial charge in [0.25, 0.3) is 20.3 Å². The van der Waals surface area contributed by atoms with Crippen molar-refractivity contribution in [1.82, 2.24) is 10.2 Å². The summed E-state index contributed by atoms with van der Waals surface area (Å²) < 4.78 is 32.2. The highest BCUT2D eigenvalue weighted by atomic mass is 35.5. The number of nitrogens with zero attached hydrogens (tertiary/aromatic N) is 2. The van der Waals surface area contributed by atoms with Gasteiger partial charge in [0, 0.05) is 5.02 Å². The Morgan fingerprint density at radius 3 is 2.55 bits per heavy atom. The molecule has 0 saturated carbocycles. The summed E-state index contributed by atoms with van der Waals surface area (Å²) >= 11 is 12.4. The molecule has 2 aromatic carbocycles. The molecule has 31 heavy (non-hydrogen) atoms. The van der Waals surface area contributed by atoms with Crippen LogP contribution in [0.4, 0.5) is 10.8 Å². The quantitative estimate of drug-likeness (QED) is 0.369. The van der Waals surface area contributed by atoms with Crippen LogP contribution in [0, 0.1) is 0 Å². The van der Waals surface area contributed by atoms with Crippen LogP contribution in [0.2, 0.25) is 10.0 Å². The van der Waals surface area contributed by atoms with E-state index in [0.29, 0.717) is 16.4 Å². The zero-order valence-electron chi connectivity index (χ0n) is 15.8. The van der Waals surface area contributed by atoms with Crippen LogP contribution in [0.1, 0.15) is 27.6 Å². The molecule has 0 radical (unpaired) electrons. The number of rotatable bonds is 7. The van der Waals surface area contributed by atoms with Gasteiger partial charge in [-0.15, -0.1) is 10.2 Å². The average Bonchev–Trinajstić information content (AvgIpc) is 3.17. The normalized spacial score (nSPS) is 11.1. The van der Waals surface area contributed by atoms with E-state index in [-0.39, 0.29) is 33.6 Å². The van der Waals surface area contributed by atoms with Gasteiger partial charge in [0.15, 0.2) is 0 Å². The number of aromatic nitrogens is 2. The Balaban J connectivity index is 1.79. The maximum Gasteiger partial charge on any atom is 0.340 e. The highest BCUT2D eigenvalue weighted by Crippen LogP contribution is 2.26. The lowest BCUT2D eigenvalue weighted by Gasteiger charge is -2.10. The number of para-hydroxylation sites is 1. The molecule has 0 fully saturated rings. The van der Waals surface area contributed by atoms with E-state index in [9.17, 15) is 18.0 Å². The van der Waals surface area contributed by atoms with Gasteiger partial charge < -0.3 is 4.74 Å². The van der Waals surface area contributed by atoms with Crippen LogP contribution in [0.15, 0.2) is 46.8 Å². The van der Waals surface area contributed by atoms with Crippen molar-refractivity contribution in [2.75, 3.05) is 16.6 Å². The van der Waals surface area contributed by atoms with Crippen molar-refractivity contribution < 1.29 is 22.7 Å². The molecule has 0 aliphatic heterocycles. The molecule has 13 heteroatoms. The molecule has 2 N–H and O–H groups in total. The van der Waals surface area contributed by atoms with Gasteiger partial charge in [0.2, 0.25) is 5.13 Å². The molecule has 0 unspecified atom stereocenters. The molecular weight excluding hydrogens is 487 g/mol. The van der Waals surface area contributed by atoms with E-state index >= 15 is 0 Å². The Bertz CT molecular complexity index is 1250. The van der Waals surface area contributed by atoms with E-state index < -0.39 is 26.2 Å². The third kappa shape index (κ3) is 5.50. The van der Waals surface area contributed by atoms with Gasteiger partial charge in [-0.2, -0.15) is 8.42 Å². The van der Waals surface area contributed by atoms with E-state index in [1.165, 1.54) is 30.3 Å². The second-order valence-electron chi connectivity index (χ2n) is 5.82. The zero-order chi connectivity index (χ0) is 22.6. The van der Waals surface area contributed by atoms with Crippen LogP contribution >= 0.6 is 34.5 Å². The molecule has 9 nitrogen and oxygen atoms in total. The van der Waals surface area contributed by atoms with Gasteiger partial charge in [0.1, 0.15) is 0 Å². The fourth-order valence-corrected chi connectivity index (χ4v) is 4.82. The first kappa shape index (κ1) is 22.9. The number of hydrogen-bond acceptors (Lipinski definition) is 8. The number of carbonyl (C=O) groups excluding carboxylic acids is 2. The van der Waals surface area contributed by atoms with Gasteiger partial charge in [-0.1, -0.05) is 46.7 Å². The minimum atomic E-state index is -4.19. The largest absolute Gasteiger partial charge is 0.462 e. The van der Waals surface area contributed by atoms with Crippen molar-refractivity contribution in [3.63, 3.8) is 0 Å². The van der Waals surface area contributed by atoms with Crippen LogP contribution in [0.5, 0.6) is 0 Å². The Labute approximate surface area is 191 Å². The minimum absolute atomic E-state index is 0.0229. The number of anilines is 2. The van der Waals surface area contributed by atoms with Gasteiger partial charge in [-0.3, -0.25) is 14.8 Å². The maximum atomic E-state index is 12.7. The maximum absolute atomic E-state index is 12.7. The lowest BCUT2D eigenvalue weighted by molar-refractivity contribution is 0.0527. The number of halogens is 2. The number of carbonyl (C=O) groups is 2. The molecule has 0 aliphatic carbocycles. The second-order valence-corrected chi connectivity index (χ2v) is 9.50. The molecule has 0 spiro atoms. The summed E-state index contributed by atoms with van der Waals surface area (Å²) in [4.78, 5) is 24.4. The fraction of sp³-hybridized carbons (Fsp3) is 0.111. The predicted octanol–water partition coefficient (Wildman–Crippen LogP) is 4.07. The first-order chi connectivity index (χ1) is 14.7. The molecule has 0 aliphatic rings. The minimum Gasteiger partial charge on any atom is -0.462 e. The molecule has 0 saturated heterocycles. The SMILES string of the molecule is CCOC(=O)c1ccccc1NS(=O)(=O)c1nnc(NC(=O)c2ccc(Cl)cc2Cl)s1. The van der Waals surface area contributed by atoms with E-state index in [1.807, 2.05) is 0 Å². The number of sulfonamides is 1. The summed E-state index contributed by atoms with van der Waals surface area (Å²) in [7, 11) is -4.19. The van der Waals surface area contributed by atoms with E-state index in [4.69, 9.17) is 27.9 Å². The number of esters is 1. The molecule has 162 valence electrons. The molecule has 3 aromatic rings. The molecule has 0 bridgehead atoms. The number of nitrogens with one attached hydrogen (secondary N) is 2. The molecule has 1 heterocycles. The summed E-state index contributed by atoms with van der Waals surface area (Å²) in [5.74, 6) is -1.28. The fourth-order valence-electron chi connectivity index (χ4n) is 2.35. The first-order valence-electron chi connectivity index (χ1n) is 8.60. The van der Waals surface area contributed by atoms with Crippen LogP contribution < -0.4 is 10.0 Å². The van der Waals surface area contributed by atoms with E-state index in [2.05, 4.69) is 20.2 Å². The second kappa shape index (κ2) is 9.60. The number of ether oxygens (including phenoxy) is 1. The molecule has 3 rings (SSSR count). The van der Waals surface area contributed by atoms with Crippen LogP contribution in [-0.4, -0.2) is 37.1 Å². The van der Waals surface area contributed by atoms with E-state index in [1.54, 1.807) is 19.1 Å². The first-order valence-corrected chi connectivity index (χ1v) is 11.7. The Hall–Kier alpha value is -2.73.